The molecule has 128 valence electrons. The molecule has 0 bridgehead atoms. The maximum absolute atomic E-state index is 13.6. The molecule has 1 amide bonds. The van der Waals surface area contributed by atoms with Crippen LogP contribution < -0.4 is 5.32 Å². The highest BCUT2D eigenvalue weighted by molar-refractivity contribution is 5.94. The van der Waals surface area contributed by atoms with E-state index in [1.165, 1.54) is 5.56 Å². The van der Waals surface area contributed by atoms with Gasteiger partial charge in [0.05, 0.1) is 11.7 Å². The standard InChI is InChI=1S/C19H22F2N2O/c1-12-5-6-15(13(2)9-12)11-23(4)14(3)19(24)22-18-10-16(20)7-8-17(18)21/h5-10,14H,11H2,1-4H3,(H,22,24). The molecule has 0 saturated carbocycles. The molecule has 1 unspecified atom stereocenters. The number of likely N-dealkylation sites (N-methyl/N-ethyl adjacent to an activating group) is 1. The van der Waals surface area contributed by atoms with E-state index in [0.717, 1.165) is 29.3 Å². The number of hydrogen-bond donors (Lipinski definition) is 1. The molecule has 1 N–H and O–H groups in total. The van der Waals surface area contributed by atoms with Crippen molar-refractivity contribution in [2.45, 2.75) is 33.4 Å². The Balaban J connectivity index is 2.05. The first-order valence-electron chi connectivity index (χ1n) is 7.80. The summed E-state index contributed by atoms with van der Waals surface area (Å²) in [6.45, 7) is 6.38. The van der Waals surface area contributed by atoms with Crippen LogP contribution in [0.4, 0.5) is 14.5 Å². The predicted molar refractivity (Wildman–Crippen MR) is 91.8 cm³/mol. The second-order valence-corrected chi connectivity index (χ2v) is 6.13. The van der Waals surface area contributed by atoms with Crippen molar-refractivity contribution in [3.05, 3.63) is 64.7 Å². The second-order valence-electron chi connectivity index (χ2n) is 6.13. The summed E-state index contributed by atoms with van der Waals surface area (Å²) in [5.41, 5.74) is 3.32. The van der Waals surface area contributed by atoms with Gasteiger partial charge in [0.1, 0.15) is 11.6 Å². The molecule has 0 aliphatic heterocycles. The molecule has 0 fully saturated rings. The lowest BCUT2D eigenvalue weighted by atomic mass is 10.0. The second kappa shape index (κ2) is 7.53. The van der Waals surface area contributed by atoms with Gasteiger partial charge >= 0.3 is 0 Å². The summed E-state index contributed by atoms with van der Waals surface area (Å²) in [5, 5.41) is 2.45. The van der Waals surface area contributed by atoms with Crippen LogP contribution in [0.3, 0.4) is 0 Å². The van der Waals surface area contributed by atoms with Gasteiger partial charge < -0.3 is 5.32 Å². The van der Waals surface area contributed by atoms with Gasteiger partial charge in [0.15, 0.2) is 0 Å². The smallest absolute Gasteiger partial charge is 0.241 e. The zero-order valence-corrected chi connectivity index (χ0v) is 14.4. The Morgan fingerprint density at radius 3 is 2.54 bits per heavy atom. The van der Waals surface area contributed by atoms with E-state index >= 15 is 0 Å². The summed E-state index contributed by atoms with van der Waals surface area (Å²) in [7, 11) is 1.82. The van der Waals surface area contributed by atoms with Crippen molar-refractivity contribution in [1.29, 1.82) is 0 Å². The van der Waals surface area contributed by atoms with Gasteiger partial charge in [0, 0.05) is 12.6 Å². The predicted octanol–water partition coefficient (Wildman–Crippen LogP) is 4.04. The van der Waals surface area contributed by atoms with Gasteiger partial charge in [0.25, 0.3) is 0 Å². The van der Waals surface area contributed by atoms with E-state index in [-0.39, 0.29) is 11.6 Å². The Labute approximate surface area is 141 Å². The molecule has 0 aromatic heterocycles. The molecule has 5 heteroatoms. The highest BCUT2D eigenvalue weighted by atomic mass is 19.1. The summed E-state index contributed by atoms with van der Waals surface area (Å²) in [6, 6.07) is 8.66. The molecule has 0 heterocycles. The van der Waals surface area contributed by atoms with Crippen LogP contribution in [0.1, 0.15) is 23.6 Å². The number of aryl methyl sites for hydroxylation is 2. The van der Waals surface area contributed by atoms with Gasteiger partial charge in [-0.25, -0.2) is 8.78 Å². The van der Waals surface area contributed by atoms with Crippen LogP contribution in [0.2, 0.25) is 0 Å². The Hall–Kier alpha value is -2.27. The lowest BCUT2D eigenvalue weighted by Crippen LogP contribution is -2.39. The van der Waals surface area contributed by atoms with Crippen molar-refractivity contribution in [3.63, 3.8) is 0 Å². The van der Waals surface area contributed by atoms with Crippen molar-refractivity contribution < 1.29 is 13.6 Å². The van der Waals surface area contributed by atoms with Crippen LogP contribution in [-0.4, -0.2) is 23.9 Å². The zero-order chi connectivity index (χ0) is 17.9. The van der Waals surface area contributed by atoms with Crippen molar-refractivity contribution >= 4 is 11.6 Å². The molecule has 2 aromatic carbocycles. The number of nitrogens with zero attached hydrogens (tertiary/aromatic N) is 1. The molecule has 0 saturated heterocycles. The van der Waals surface area contributed by atoms with E-state index in [1.807, 2.05) is 37.9 Å². The summed E-state index contributed by atoms with van der Waals surface area (Å²) in [5.74, 6) is -1.64. The van der Waals surface area contributed by atoms with Gasteiger partial charge in [-0.05, 0) is 51.1 Å². The van der Waals surface area contributed by atoms with E-state index in [0.29, 0.717) is 6.54 Å². The number of amides is 1. The first-order chi connectivity index (χ1) is 11.3. The third-order valence-corrected chi connectivity index (χ3v) is 4.14. The minimum Gasteiger partial charge on any atom is -0.322 e. The average molecular weight is 332 g/mol. The number of halogens is 2. The average Bonchev–Trinajstić information content (AvgIpc) is 2.52. The first kappa shape index (κ1) is 18.1. The summed E-state index contributed by atoms with van der Waals surface area (Å²) in [4.78, 5) is 14.2. The third-order valence-electron chi connectivity index (χ3n) is 4.14. The Kier molecular flexibility index (Phi) is 5.67. The van der Waals surface area contributed by atoms with Gasteiger partial charge in [-0.15, -0.1) is 0 Å². The van der Waals surface area contributed by atoms with Crippen molar-refractivity contribution in [3.8, 4) is 0 Å². The molecular weight excluding hydrogens is 310 g/mol. The SMILES string of the molecule is Cc1ccc(CN(C)C(C)C(=O)Nc2cc(F)ccc2F)c(C)c1. The molecule has 0 spiro atoms. The molecule has 2 aromatic rings. The summed E-state index contributed by atoms with van der Waals surface area (Å²) >= 11 is 0. The van der Waals surface area contributed by atoms with Crippen molar-refractivity contribution in [2.75, 3.05) is 12.4 Å². The first-order valence-corrected chi connectivity index (χ1v) is 7.80. The van der Waals surface area contributed by atoms with Crippen LogP contribution in [0.25, 0.3) is 0 Å². The number of carbonyl (C=O) groups is 1. The molecule has 0 aliphatic carbocycles. The molecule has 24 heavy (non-hydrogen) atoms. The van der Waals surface area contributed by atoms with Crippen LogP contribution in [0.5, 0.6) is 0 Å². The number of nitrogens with one attached hydrogen (secondary N) is 1. The molecular formula is C19H22F2N2O. The Bertz CT molecular complexity index is 746. The maximum atomic E-state index is 13.6. The molecule has 0 radical (unpaired) electrons. The number of rotatable bonds is 5. The van der Waals surface area contributed by atoms with E-state index in [4.69, 9.17) is 0 Å². The topological polar surface area (TPSA) is 32.3 Å². The van der Waals surface area contributed by atoms with E-state index in [2.05, 4.69) is 11.4 Å². The van der Waals surface area contributed by atoms with Crippen molar-refractivity contribution in [2.24, 2.45) is 0 Å². The van der Waals surface area contributed by atoms with Crippen LogP contribution >= 0.6 is 0 Å². The fourth-order valence-electron chi connectivity index (χ4n) is 2.46. The highest BCUT2D eigenvalue weighted by Gasteiger charge is 2.20. The minimum absolute atomic E-state index is 0.147. The third kappa shape index (κ3) is 4.38. The summed E-state index contributed by atoms with van der Waals surface area (Å²) in [6.07, 6.45) is 0. The highest BCUT2D eigenvalue weighted by Crippen LogP contribution is 2.17. The van der Waals surface area contributed by atoms with E-state index in [1.54, 1.807) is 6.92 Å². The van der Waals surface area contributed by atoms with Crippen molar-refractivity contribution in [1.82, 2.24) is 4.90 Å². The van der Waals surface area contributed by atoms with Crippen LogP contribution in [0.15, 0.2) is 36.4 Å². The monoisotopic (exact) mass is 332 g/mol. The lowest BCUT2D eigenvalue weighted by molar-refractivity contribution is -0.120. The Morgan fingerprint density at radius 1 is 1.17 bits per heavy atom. The number of hydrogen-bond acceptors (Lipinski definition) is 2. The summed E-state index contributed by atoms with van der Waals surface area (Å²) < 4.78 is 26.8. The van der Waals surface area contributed by atoms with Crippen LogP contribution in [-0.2, 0) is 11.3 Å². The van der Waals surface area contributed by atoms with Gasteiger partial charge in [0.2, 0.25) is 5.91 Å². The molecule has 3 nitrogen and oxygen atoms in total. The molecule has 1 atom stereocenters. The molecule has 0 aliphatic rings. The largest absolute Gasteiger partial charge is 0.322 e. The maximum Gasteiger partial charge on any atom is 0.241 e. The molecule has 2 rings (SSSR count). The number of carbonyl (C=O) groups excluding carboxylic acids is 1. The minimum atomic E-state index is -0.658. The zero-order valence-electron chi connectivity index (χ0n) is 14.4. The Morgan fingerprint density at radius 2 is 1.88 bits per heavy atom. The van der Waals surface area contributed by atoms with Gasteiger partial charge in [-0.3, -0.25) is 9.69 Å². The number of benzene rings is 2. The fraction of sp³-hybridized carbons (Fsp3) is 0.316. The normalized spacial score (nSPS) is 12.3. The lowest BCUT2D eigenvalue weighted by Gasteiger charge is -2.25. The van der Waals surface area contributed by atoms with Gasteiger partial charge in [-0.1, -0.05) is 23.8 Å². The van der Waals surface area contributed by atoms with Gasteiger partial charge in [-0.2, -0.15) is 0 Å². The van der Waals surface area contributed by atoms with E-state index in [9.17, 15) is 13.6 Å². The number of anilines is 1. The van der Waals surface area contributed by atoms with E-state index < -0.39 is 17.7 Å². The fourth-order valence-corrected chi connectivity index (χ4v) is 2.46. The quantitative estimate of drug-likeness (QED) is 0.896. The van der Waals surface area contributed by atoms with Crippen LogP contribution in [0, 0.1) is 25.5 Å².